The van der Waals surface area contributed by atoms with E-state index in [2.05, 4.69) is 5.32 Å². The Bertz CT molecular complexity index is 859. The predicted octanol–water partition coefficient (Wildman–Crippen LogP) is 4.24. The van der Waals surface area contributed by atoms with E-state index in [-0.39, 0.29) is 18.1 Å². The van der Waals surface area contributed by atoms with Crippen molar-refractivity contribution in [2.45, 2.75) is 33.3 Å². The van der Waals surface area contributed by atoms with E-state index in [0.29, 0.717) is 12.2 Å². The highest BCUT2D eigenvalue weighted by atomic mass is 16.6. The van der Waals surface area contributed by atoms with E-state index in [1.54, 1.807) is 39.0 Å². The number of hydrogen-bond donors (Lipinski definition) is 1. The van der Waals surface area contributed by atoms with Crippen molar-refractivity contribution in [1.29, 1.82) is 0 Å². The standard InChI is InChI=1S/C22H26N2O5/c1-5-24(18-12-7-6-8-13-18)19(25)15-28-20(26)16-10-9-11-17(14-16)23-21(27)29-22(2,3)4/h6-14H,5,15H2,1-4H3,(H,23,27). The Morgan fingerprint density at radius 3 is 2.31 bits per heavy atom. The van der Waals surface area contributed by atoms with Gasteiger partial charge in [0.25, 0.3) is 5.91 Å². The summed E-state index contributed by atoms with van der Waals surface area (Å²) in [6, 6.07) is 15.4. The van der Waals surface area contributed by atoms with Crippen LogP contribution in [0.5, 0.6) is 0 Å². The van der Waals surface area contributed by atoms with E-state index in [1.807, 2.05) is 37.3 Å². The highest BCUT2D eigenvalue weighted by molar-refractivity contribution is 5.97. The average Bonchev–Trinajstić information content (AvgIpc) is 2.66. The number of hydrogen-bond acceptors (Lipinski definition) is 5. The lowest BCUT2D eigenvalue weighted by Gasteiger charge is -2.21. The molecule has 2 rings (SSSR count). The highest BCUT2D eigenvalue weighted by Gasteiger charge is 2.18. The number of nitrogens with one attached hydrogen (secondary N) is 1. The zero-order valence-electron chi connectivity index (χ0n) is 17.1. The molecule has 7 nitrogen and oxygen atoms in total. The molecular formula is C22H26N2O5. The van der Waals surface area contributed by atoms with Crippen LogP contribution >= 0.6 is 0 Å². The fourth-order valence-electron chi connectivity index (χ4n) is 2.54. The summed E-state index contributed by atoms with van der Waals surface area (Å²) in [7, 11) is 0. The van der Waals surface area contributed by atoms with E-state index in [4.69, 9.17) is 9.47 Å². The van der Waals surface area contributed by atoms with Crippen molar-refractivity contribution in [2.24, 2.45) is 0 Å². The fourth-order valence-corrected chi connectivity index (χ4v) is 2.54. The third kappa shape index (κ3) is 6.95. The Hall–Kier alpha value is -3.35. The minimum atomic E-state index is -0.657. The summed E-state index contributed by atoms with van der Waals surface area (Å²) >= 11 is 0. The molecule has 0 radical (unpaired) electrons. The molecule has 0 aliphatic heterocycles. The molecular weight excluding hydrogens is 372 g/mol. The minimum absolute atomic E-state index is 0.217. The number of carbonyl (C=O) groups is 3. The summed E-state index contributed by atoms with van der Waals surface area (Å²) in [6.45, 7) is 7.19. The summed E-state index contributed by atoms with van der Waals surface area (Å²) < 4.78 is 10.3. The van der Waals surface area contributed by atoms with Gasteiger partial charge in [-0.05, 0) is 58.0 Å². The second-order valence-electron chi connectivity index (χ2n) is 7.26. The number of carbonyl (C=O) groups excluding carboxylic acids is 3. The van der Waals surface area contributed by atoms with Crippen molar-refractivity contribution >= 4 is 29.3 Å². The first-order valence-electron chi connectivity index (χ1n) is 9.32. The first-order valence-corrected chi connectivity index (χ1v) is 9.32. The number of para-hydroxylation sites is 1. The third-order valence-corrected chi connectivity index (χ3v) is 3.76. The molecule has 0 unspecified atom stereocenters. The van der Waals surface area contributed by atoms with Crippen LogP contribution in [0.4, 0.5) is 16.2 Å². The Balaban J connectivity index is 1.97. The molecule has 0 saturated heterocycles. The van der Waals surface area contributed by atoms with Gasteiger partial charge in [-0.1, -0.05) is 24.3 Å². The Kier molecular flexibility index (Phi) is 7.36. The van der Waals surface area contributed by atoms with E-state index in [1.165, 1.54) is 11.0 Å². The Morgan fingerprint density at radius 1 is 1.00 bits per heavy atom. The molecule has 2 aromatic carbocycles. The van der Waals surface area contributed by atoms with Crippen LogP contribution in [-0.4, -0.2) is 36.7 Å². The average molecular weight is 398 g/mol. The number of likely N-dealkylation sites (N-methyl/N-ethyl adjacent to an activating group) is 1. The number of amides is 2. The molecule has 0 spiro atoms. The van der Waals surface area contributed by atoms with Gasteiger partial charge in [-0.3, -0.25) is 10.1 Å². The monoisotopic (exact) mass is 398 g/mol. The molecule has 0 heterocycles. The quantitative estimate of drug-likeness (QED) is 0.736. The Labute approximate surface area is 170 Å². The lowest BCUT2D eigenvalue weighted by molar-refractivity contribution is -0.121. The third-order valence-electron chi connectivity index (χ3n) is 3.76. The molecule has 0 aliphatic rings. The molecule has 7 heteroatoms. The van der Waals surface area contributed by atoms with Crippen molar-refractivity contribution in [3.05, 3.63) is 60.2 Å². The van der Waals surface area contributed by atoms with Crippen LogP contribution in [0.2, 0.25) is 0 Å². The fraction of sp³-hybridized carbons (Fsp3) is 0.318. The van der Waals surface area contributed by atoms with Crippen LogP contribution < -0.4 is 10.2 Å². The topological polar surface area (TPSA) is 84.9 Å². The van der Waals surface area contributed by atoms with Crippen LogP contribution in [0.15, 0.2) is 54.6 Å². The zero-order chi connectivity index (χ0) is 21.4. The van der Waals surface area contributed by atoms with Crippen molar-refractivity contribution in [3.8, 4) is 0 Å². The molecule has 0 aliphatic carbocycles. The number of rotatable bonds is 6. The molecule has 0 saturated carbocycles. The number of nitrogens with zero attached hydrogens (tertiary/aromatic N) is 1. The number of ether oxygens (including phenoxy) is 2. The highest BCUT2D eigenvalue weighted by Crippen LogP contribution is 2.16. The van der Waals surface area contributed by atoms with Gasteiger partial charge in [-0.25, -0.2) is 9.59 Å². The summed E-state index contributed by atoms with van der Waals surface area (Å²) in [5.74, 6) is -0.981. The van der Waals surface area contributed by atoms with E-state index in [9.17, 15) is 14.4 Å². The minimum Gasteiger partial charge on any atom is -0.452 e. The second kappa shape index (κ2) is 9.73. The van der Waals surface area contributed by atoms with Crippen molar-refractivity contribution in [2.75, 3.05) is 23.4 Å². The van der Waals surface area contributed by atoms with E-state index >= 15 is 0 Å². The molecule has 1 N–H and O–H groups in total. The summed E-state index contributed by atoms with van der Waals surface area (Å²) in [4.78, 5) is 38.2. The van der Waals surface area contributed by atoms with Crippen molar-refractivity contribution in [3.63, 3.8) is 0 Å². The SMILES string of the molecule is CCN(C(=O)COC(=O)c1cccc(NC(=O)OC(C)(C)C)c1)c1ccccc1. The van der Waals surface area contributed by atoms with Crippen LogP contribution in [0.25, 0.3) is 0 Å². The van der Waals surface area contributed by atoms with Gasteiger partial charge in [-0.15, -0.1) is 0 Å². The molecule has 154 valence electrons. The van der Waals surface area contributed by atoms with Crippen LogP contribution in [0.3, 0.4) is 0 Å². The predicted molar refractivity (Wildman–Crippen MR) is 111 cm³/mol. The molecule has 0 atom stereocenters. The maximum absolute atomic E-state index is 12.4. The summed E-state index contributed by atoms with van der Waals surface area (Å²) in [6.07, 6.45) is -0.625. The van der Waals surface area contributed by atoms with Gasteiger partial charge in [0.15, 0.2) is 6.61 Å². The molecule has 2 aromatic rings. The van der Waals surface area contributed by atoms with Gasteiger partial charge >= 0.3 is 12.1 Å². The van der Waals surface area contributed by atoms with Crippen LogP contribution in [0, 0.1) is 0 Å². The lowest BCUT2D eigenvalue weighted by Crippen LogP contribution is -2.34. The first-order chi connectivity index (χ1) is 13.7. The van der Waals surface area contributed by atoms with Gasteiger partial charge in [0.05, 0.1) is 5.56 Å². The Morgan fingerprint density at radius 2 is 1.69 bits per heavy atom. The maximum atomic E-state index is 12.4. The summed E-state index contributed by atoms with van der Waals surface area (Å²) in [5.41, 5.74) is 0.707. The molecule has 29 heavy (non-hydrogen) atoms. The normalized spacial score (nSPS) is 10.8. The van der Waals surface area contributed by atoms with Gasteiger partial charge < -0.3 is 14.4 Å². The van der Waals surface area contributed by atoms with Crippen molar-refractivity contribution in [1.82, 2.24) is 0 Å². The number of benzene rings is 2. The lowest BCUT2D eigenvalue weighted by atomic mass is 10.2. The zero-order valence-corrected chi connectivity index (χ0v) is 17.1. The van der Waals surface area contributed by atoms with Crippen LogP contribution in [0.1, 0.15) is 38.1 Å². The van der Waals surface area contributed by atoms with Gasteiger partial charge in [-0.2, -0.15) is 0 Å². The second-order valence-corrected chi connectivity index (χ2v) is 7.26. The molecule has 0 bridgehead atoms. The maximum Gasteiger partial charge on any atom is 0.412 e. The van der Waals surface area contributed by atoms with Crippen LogP contribution in [-0.2, 0) is 14.3 Å². The molecule has 0 aromatic heterocycles. The largest absolute Gasteiger partial charge is 0.452 e. The van der Waals surface area contributed by atoms with E-state index in [0.717, 1.165) is 5.69 Å². The number of esters is 1. The van der Waals surface area contributed by atoms with Gasteiger partial charge in [0.1, 0.15) is 5.60 Å². The number of anilines is 2. The van der Waals surface area contributed by atoms with Gasteiger partial charge in [0.2, 0.25) is 0 Å². The van der Waals surface area contributed by atoms with E-state index < -0.39 is 17.7 Å². The first kappa shape index (κ1) is 21.9. The molecule has 0 fully saturated rings. The smallest absolute Gasteiger partial charge is 0.412 e. The summed E-state index contributed by atoms with van der Waals surface area (Å²) in [5, 5.41) is 2.56. The van der Waals surface area contributed by atoms with Crippen molar-refractivity contribution < 1.29 is 23.9 Å². The van der Waals surface area contributed by atoms with Gasteiger partial charge in [0, 0.05) is 17.9 Å². The molecule has 2 amide bonds.